The van der Waals surface area contributed by atoms with Crippen LogP contribution in [0, 0.1) is 0 Å². The number of hydrogen-bond donors (Lipinski definition) is 1. The fourth-order valence-electron chi connectivity index (χ4n) is 2.90. The number of rotatable bonds is 3. The Kier molecular flexibility index (Phi) is 5.88. The van der Waals surface area contributed by atoms with Gasteiger partial charge >= 0.3 is 12.4 Å². The molecular formula is C18H17F6N5O. The zero-order valence-corrected chi connectivity index (χ0v) is 15.7. The lowest BCUT2D eigenvalue weighted by atomic mass is 10.0. The van der Waals surface area contributed by atoms with Crippen LogP contribution in [0.5, 0.6) is 0 Å². The lowest BCUT2D eigenvalue weighted by Crippen LogP contribution is -2.44. The van der Waals surface area contributed by atoms with E-state index in [2.05, 4.69) is 20.2 Å². The first-order chi connectivity index (χ1) is 13.9. The monoisotopic (exact) mass is 433 g/mol. The molecule has 0 radical (unpaired) electrons. The van der Waals surface area contributed by atoms with E-state index in [4.69, 9.17) is 0 Å². The summed E-state index contributed by atoms with van der Waals surface area (Å²) in [5.74, 6) is -0.682. The maximum Gasteiger partial charge on any atom is 0.416 e. The Labute approximate surface area is 167 Å². The smallest absolute Gasteiger partial charge is 0.354 e. The average molecular weight is 433 g/mol. The number of amides is 1. The van der Waals surface area contributed by atoms with Crippen LogP contribution in [0.1, 0.15) is 21.5 Å². The molecule has 1 aromatic carbocycles. The summed E-state index contributed by atoms with van der Waals surface area (Å²) in [5.41, 5.74) is -3.91. The summed E-state index contributed by atoms with van der Waals surface area (Å²) in [6.45, 7) is 2.92. The first kappa shape index (κ1) is 21.8. The summed E-state index contributed by atoms with van der Waals surface area (Å²) in [6.07, 6.45) is -8.92. The molecule has 2 aromatic rings. The summed E-state index contributed by atoms with van der Waals surface area (Å²) in [5, 5.41) is 2.24. The van der Waals surface area contributed by atoms with Gasteiger partial charge in [-0.3, -0.25) is 4.79 Å². The predicted molar refractivity (Wildman–Crippen MR) is 96.1 cm³/mol. The van der Waals surface area contributed by atoms with E-state index in [0.29, 0.717) is 31.0 Å². The van der Waals surface area contributed by atoms with E-state index in [1.54, 1.807) is 0 Å². The minimum atomic E-state index is -5.04. The molecule has 1 saturated heterocycles. The Hall–Kier alpha value is -2.89. The van der Waals surface area contributed by atoms with Gasteiger partial charge in [0.05, 0.1) is 11.1 Å². The molecule has 0 aliphatic carbocycles. The van der Waals surface area contributed by atoms with Gasteiger partial charge < -0.3 is 15.1 Å². The largest absolute Gasteiger partial charge is 0.416 e. The second-order valence-corrected chi connectivity index (χ2v) is 6.80. The van der Waals surface area contributed by atoms with Crippen molar-refractivity contribution in [3.05, 3.63) is 47.3 Å². The Morgan fingerprint density at radius 3 is 2.00 bits per heavy atom. The second kappa shape index (κ2) is 8.09. The zero-order valence-electron chi connectivity index (χ0n) is 15.7. The Morgan fingerprint density at radius 2 is 1.47 bits per heavy atom. The van der Waals surface area contributed by atoms with Crippen molar-refractivity contribution >= 4 is 17.5 Å². The van der Waals surface area contributed by atoms with Crippen molar-refractivity contribution in [1.29, 1.82) is 0 Å². The Morgan fingerprint density at radius 1 is 0.900 bits per heavy atom. The molecule has 6 nitrogen and oxygen atoms in total. The van der Waals surface area contributed by atoms with Gasteiger partial charge in [0.1, 0.15) is 18.0 Å². The molecule has 1 fully saturated rings. The number of carbonyl (C=O) groups is 1. The van der Waals surface area contributed by atoms with Gasteiger partial charge in [-0.15, -0.1) is 0 Å². The average Bonchev–Trinajstić information content (AvgIpc) is 2.67. The normalized spacial score (nSPS) is 15.9. The number of benzene rings is 1. The number of carbonyl (C=O) groups excluding carboxylic acids is 1. The van der Waals surface area contributed by atoms with Gasteiger partial charge in [0, 0.05) is 37.8 Å². The minimum absolute atomic E-state index is 0.0325. The van der Waals surface area contributed by atoms with Gasteiger partial charge in [0.25, 0.3) is 5.91 Å². The molecule has 1 aliphatic heterocycles. The van der Waals surface area contributed by atoms with Crippen LogP contribution in [0.2, 0.25) is 0 Å². The summed E-state index contributed by atoms with van der Waals surface area (Å²) in [7, 11) is 1.97. The van der Waals surface area contributed by atoms with Crippen LogP contribution in [-0.4, -0.2) is 54.0 Å². The van der Waals surface area contributed by atoms with Crippen molar-refractivity contribution in [3.63, 3.8) is 0 Å². The van der Waals surface area contributed by atoms with Crippen molar-refractivity contribution in [2.45, 2.75) is 12.4 Å². The highest BCUT2D eigenvalue weighted by Crippen LogP contribution is 2.36. The molecule has 2 heterocycles. The maximum absolute atomic E-state index is 13.0. The van der Waals surface area contributed by atoms with Crippen LogP contribution in [0.15, 0.2) is 30.6 Å². The highest BCUT2D eigenvalue weighted by atomic mass is 19.4. The van der Waals surface area contributed by atoms with E-state index >= 15 is 0 Å². The van der Waals surface area contributed by atoms with Gasteiger partial charge in [-0.1, -0.05) is 0 Å². The fourth-order valence-corrected chi connectivity index (χ4v) is 2.90. The molecule has 0 spiro atoms. The van der Waals surface area contributed by atoms with Crippen molar-refractivity contribution in [2.75, 3.05) is 43.4 Å². The molecule has 162 valence electrons. The van der Waals surface area contributed by atoms with Gasteiger partial charge in [0.15, 0.2) is 0 Å². The molecule has 0 bridgehead atoms. The van der Waals surface area contributed by atoms with Crippen molar-refractivity contribution in [1.82, 2.24) is 14.9 Å². The maximum atomic E-state index is 13.0. The van der Waals surface area contributed by atoms with E-state index in [0.717, 1.165) is 19.4 Å². The van der Waals surface area contributed by atoms with Gasteiger partial charge in [-0.05, 0) is 25.2 Å². The number of hydrogen-bond acceptors (Lipinski definition) is 5. The van der Waals surface area contributed by atoms with Crippen LogP contribution < -0.4 is 10.2 Å². The molecular weight excluding hydrogens is 416 g/mol. The third-order valence-corrected chi connectivity index (χ3v) is 4.57. The third kappa shape index (κ3) is 5.17. The van der Waals surface area contributed by atoms with Crippen LogP contribution >= 0.6 is 0 Å². The van der Waals surface area contributed by atoms with Crippen molar-refractivity contribution in [2.24, 2.45) is 0 Å². The second-order valence-electron chi connectivity index (χ2n) is 6.80. The Bertz CT molecular complexity index is 890. The molecule has 0 atom stereocenters. The number of halogens is 6. The highest BCUT2D eigenvalue weighted by molar-refractivity contribution is 6.04. The number of nitrogens with one attached hydrogen (secondary N) is 1. The third-order valence-electron chi connectivity index (χ3n) is 4.57. The number of nitrogens with zero attached hydrogens (tertiary/aromatic N) is 4. The zero-order chi connectivity index (χ0) is 22.1. The van der Waals surface area contributed by atoms with E-state index in [1.165, 1.54) is 6.07 Å². The topological polar surface area (TPSA) is 61.4 Å². The fraction of sp³-hybridized carbons (Fsp3) is 0.389. The van der Waals surface area contributed by atoms with Crippen LogP contribution in [0.4, 0.5) is 38.0 Å². The SMILES string of the molecule is CN1CCN(c2cc(NC(=O)c3cc(C(F)(F)F)cc(C(F)(F)F)c3)ncn2)CC1. The first-order valence-electron chi connectivity index (χ1n) is 8.80. The molecule has 30 heavy (non-hydrogen) atoms. The molecule has 1 N–H and O–H groups in total. The lowest BCUT2D eigenvalue weighted by Gasteiger charge is -2.33. The molecule has 1 amide bonds. The van der Waals surface area contributed by atoms with Gasteiger partial charge in [0.2, 0.25) is 0 Å². The van der Waals surface area contributed by atoms with E-state index in [-0.39, 0.29) is 11.9 Å². The summed E-state index contributed by atoms with van der Waals surface area (Å²) in [6, 6.07) is 2.12. The molecule has 3 rings (SSSR count). The van der Waals surface area contributed by atoms with E-state index < -0.39 is 35.0 Å². The van der Waals surface area contributed by atoms with Gasteiger partial charge in [-0.2, -0.15) is 26.3 Å². The predicted octanol–water partition coefficient (Wildman–Crippen LogP) is 3.52. The highest BCUT2D eigenvalue weighted by Gasteiger charge is 2.37. The standard InChI is InChI=1S/C18H17F6N5O/c1-28-2-4-29(5-3-28)15-9-14(25-10-26-15)27-16(30)11-6-12(17(19,20)21)8-13(7-11)18(22,23)24/h6-10H,2-5H2,1H3,(H,25,26,27,30). The number of aromatic nitrogens is 2. The quantitative estimate of drug-likeness (QED) is 0.751. The van der Waals surface area contributed by atoms with Crippen molar-refractivity contribution < 1.29 is 31.1 Å². The van der Waals surface area contributed by atoms with Gasteiger partial charge in [-0.25, -0.2) is 9.97 Å². The number of anilines is 2. The molecule has 0 unspecified atom stereocenters. The molecule has 1 aromatic heterocycles. The van der Waals surface area contributed by atoms with Crippen LogP contribution in [0.25, 0.3) is 0 Å². The van der Waals surface area contributed by atoms with E-state index in [9.17, 15) is 31.1 Å². The molecule has 0 saturated carbocycles. The first-order valence-corrected chi connectivity index (χ1v) is 8.80. The lowest BCUT2D eigenvalue weighted by molar-refractivity contribution is -0.143. The van der Waals surface area contributed by atoms with Crippen LogP contribution in [0.3, 0.4) is 0 Å². The Balaban J connectivity index is 1.85. The van der Waals surface area contributed by atoms with Crippen molar-refractivity contribution in [3.8, 4) is 0 Å². The summed E-state index contributed by atoms with van der Waals surface area (Å²) < 4.78 is 77.9. The number of piperazine rings is 1. The summed E-state index contributed by atoms with van der Waals surface area (Å²) >= 11 is 0. The number of likely N-dealkylation sites (N-methyl/N-ethyl adjacent to an activating group) is 1. The number of alkyl halides is 6. The molecule has 12 heteroatoms. The van der Waals surface area contributed by atoms with Crippen LogP contribution in [-0.2, 0) is 12.4 Å². The summed E-state index contributed by atoms with van der Waals surface area (Å²) in [4.78, 5) is 24.4. The molecule has 1 aliphatic rings. The van der Waals surface area contributed by atoms with E-state index in [1.807, 2.05) is 11.9 Å². The minimum Gasteiger partial charge on any atom is -0.354 e.